The lowest BCUT2D eigenvalue weighted by Crippen LogP contribution is -2.14. The Morgan fingerprint density at radius 3 is 2.72 bits per heavy atom. The lowest BCUT2D eigenvalue weighted by atomic mass is 10.2. The summed E-state index contributed by atoms with van der Waals surface area (Å²) >= 11 is 7.54. The van der Waals surface area contributed by atoms with Crippen molar-refractivity contribution in [3.63, 3.8) is 0 Å². The summed E-state index contributed by atoms with van der Waals surface area (Å²) in [5.74, 6) is 0.922. The van der Waals surface area contributed by atoms with Crippen molar-refractivity contribution in [2.24, 2.45) is 0 Å². The molecule has 0 aliphatic heterocycles. The first-order valence-electron chi connectivity index (χ1n) is 6.37. The maximum atomic E-state index is 13.2. The van der Waals surface area contributed by atoms with Gasteiger partial charge in [0, 0.05) is 6.54 Å². The summed E-state index contributed by atoms with van der Waals surface area (Å²) in [6, 6.07) is 4.96. The number of benzene rings is 1. The minimum atomic E-state index is -0.340. The molecule has 0 unspecified atom stereocenters. The zero-order chi connectivity index (χ0) is 13.2. The number of unbranched alkanes of at least 4 members (excludes halogenated alkanes) is 3. The maximum Gasteiger partial charge on any atom is 0.142 e. The van der Waals surface area contributed by atoms with Gasteiger partial charge in [-0.2, -0.15) is 11.8 Å². The Bertz CT molecular complexity index is 347. The van der Waals surface area contributed by atoms with Gasteiger partial charge in [-0.15, -0.1) is 0 Å². The predicted molar refractivity (Wildman–Crippen MR) is 80.0 cm³/mol. The van der Waals surface area contributed by atoms with E-state index in [-0.39, 0.29) is 10.8 Å². The SMILES string of the molecule is CSCCCCCCNCc1ccc(Cl)c(F)c1. The highest BCUT2D eigenvalue weighted by molar-refractivity contribution is 7.98. The van der Waals surface area contributed by atoms with E-state index >= 15 is 0 Å². The summed E-state index contributed by atoms with van der Waals surface area (Å²) in [7, 11) is 0. The molecule has 102 valence electrons. The van der Waals surface area contributed by atoms with Crippen molar-refractivity contribution in [3.05, 3.63) is 34.6 Å². The van der Waals surface area contributed by atoms with Crippen molar-refractivity contribution in [2.45, 2.75) is 32.2 Å². The first-order chi connectivity index (χ1) is 8.74. The first-order valence-corrected chi connectivity index (χ1v) is 8.15. The molecular formula is C14H21ClFNS. The predicted octanol–water partition coefficient (Wildman–Crippen LogP) is 4.49. The molecule has 1 N–H and O–H groups in total. The number of hydrogen-bond donors (Lipinski definition) is 1. The summed E-state index contributed by atoms with van der Waals surface area (Å²) in [4.78, 5) is 0. The van der Waals surface area contributed by atoms with E-state index in [2.05, 4.69) is 11.6 Å². The zero-order valence-corrected chi connectivity index (χ0v) is 12.4. The van der Waals surface area contributed by atoms with Gasteiger partial charge in [0.1, 0.15) is 5.82 Å². The van der Waals surface area contributed by atoms with Gasteiger partial charge >= 0.3 is 0 Å². The molecule has 1 rings (SSSR count). The quantitative estimate of drug-likeness (QED) is 0.672. The van der Waals surface area contributed by atoms with Gasteiger partial charge in [-0.25, -0.2) is 4.39 Å². The molecule has 1 aromatic carbocycles. The second-order valence-electron chi connectivity index (χ2n) is 4.33. The average molecular weight is 290 g/mol. The van der Waals surface area contributed by atoms with Gasteiger partial charge in [0.2, 0.25) is 0 Å². The molecule has 18 heavy (non-hydrogen) atoms. The third kappa shape index (κ3) is 6.62. The van der Waals surface area contributed by atoms with E-state index in [4.69, 9.17) is 11.6 Å². The molecule has 0 aliphatic rings. The van der Waals surface area contributed by atoms with Crippen LogP contribution in [0.25, 0.3) is 0 Å². The van der Waals surface area contributed by atoms with Crippen molar-refractivity contribution in [1.82, 2.24) is 5.32 Å². The van der Waals surface area contributed by atoms with Gasteiger partial charge in [0.05, 0.1) is 5.02 Å². The van der Waals surface area contributed by atoms with Crippen LogP contribution in [0.1, 0.15) is 31.2 Å². The van der Waals surface area contributed by atoms with Crippen molar-refractivity contribution in [2.75, 3.05) is 18.6 Å². The van der Waals surface area contributed by atoms with E-state index in [0.717, 1.165) is 12.1 Å². The van der Waals surface area contributed by atoms with Gasteiger partial charge < -0.3 is 5.32 Å². The van der Waals surface area contributed by atoms with E-state index in [9.17, 15) is 4.39 Å². The molecule has 0 radical (unpaired) electrons. The lowest BCUT2D eigenvalue weighted by molar-refractivity contribution is 0.593. The lowest BCUT2D eigenvalue weighted by Gasteiger charge is -2.05. The molecule has 0 amide bonds. The first kappa shape index (κ1) is 15.8. The Morgan fingerprint density at radius 1 is 1.22 bits per heavy atom. The molecule has 0 atom stereocenters. The fraction of sp³-hybridized carbons (Fsp3) is 0.571. The number of nitrogens with one attached hydrogen (secondary N) is 1. The van der Waals surface area contributed by atoms with Crippen LogP contribution >= 0.6 is 23.4 Å². The molecule has 1 nitrogen and oxygen atoms in total. The molecule has 0 aliphatic carbocycles. The van der Waals surface area contributed by atoms with Crippen LogP contribution in [-0.4, -0.2) is 18.6 Å². The zero-order valence-electron chi connectivity index (χ0n) is 10.8. The Kier molecular flexibility index (Phi) is 8.47. The average Bonchev–Trinajstić information content (AvgIpc) is 2.37. The summed E-state index contributed by atoms with van der Waals surface area (Å²) in [5, 5.41) is 3.51. The summed E-state index contributed by atoms with van der Waals surface area (Å²) in [6.45, 7) is 1.70. The molecule has 0 heterocycles. The van der Waals surface area contributed by atoms with Crippen LogP contribution in [0.5, 0.6) is 0 Å². The summed E-state index contributed by atoms with van der Waals surface area (Å²) in [5.41, 5.74) is 0.944. The number of thioether (sulfide) groups is 1. The minimum absolute atomic E-state index is 0.188. The molecule has 0 spiro atoms. The van der Waals surface area contributed by atoms with Crippen LogP contribution in [0.4, 0.5) is 4.39 Å². The number of hydrogen-bond acceptors (Lipinski definition) is 2. The van der Waals surface area contributed by atoms with Crippen molar-refractivity contribution in [1.29, 1.82) is 0 Å². The van der Waals surface area contributed by atoms with Gasteiger partial charge in [0.15, 0.2) is 0 Å². The number of rotatable bonds is 9. The molecule has 0 fully saturated rings. The highest BCUT2D eigenvalue weighted by Gasteiger charge is 2.00. The van der Waals surface area contributed by atoms with Crippen LogP contribution in [-0.2, 0) is 6.54 Å². The van der Waals surface area contributed by atoms with Gasteiger partial charge in [-0.05, 0) is 49.1 Å². The van der Waals surface area contributed by atoms with Crippen molar-refractivity contribution in [3.8, 4) is 0 Å². The van der Waals surface area contributed by atoms with Crippen LogP contribution in [0, 0.1) is 5.82 Å². The van der Waals surface area contributed by atoms with E-state index in [1.54, 1.807) is 6.07 Å². The van der Waals surface area contributed by atoms with Gasteiger partial charge in [0.25, 0.3) is 0 Å². The highest BCUT2D eigenvalue weighted by Crippen LogP contribution is 2.15. The molecule has 0 saturated carbocycles. The molecule has 1 aromatic rings. The van der Waals surface area contributed by atoms with Crippen molar-refractivity contribution < 1.29 is 4.39 Å². The molecule has 4 heteroatoms. The summed E-state index contributed by atoms with van der Waals surface area (Å²) < 4.78 is 13.2. The second-order valence-corrected chi connectivity index (χ2v) is 5.73. The van der Waals surface area contributed by atoms with Gasteiger partial charge in [-0.3, -0.25) is 0 Å². The van der Waals surface area contributed by atoms with Crippen LogP contribution < -0.4 is 5.32 Å². The van der Waals surface area contributed by atoms with E-state index < -0.39 is 0 Å². The van der Waals surface area contributed by atoms with E-state index in [1.165, 1.54) is 37.5 Å². The van der Waals surface area contributed by atoms with Gasteiger partial charge in [-0.1, -0.05) is 30.5 Å². The Hall–Kier alpha value is -0.250. The fourth-order valence-electron chi connectivity index (χ4n) is 1.73. The van der Waals surface area contributed by atoms with E-state index in [1.807, 2.05) is 17.8 Å². The third-order valence-corrected chi connectivity index (χ3v) is 3.77. The highest BCUT2D eigenvalue weighted by atomic mass is 35.5. The third-order valence-electron chi connectivity index (χ3n) is 2.77. The smallest absolute Gasteiger partial charge is 0.142 e. The van der Waals surface area contributed by atoms with Crippen LogP contribution in [0.3, 0.4) is 0 Å². The Balaban J connectivity index is 2.05. The van der Waals surface area contributed by atoms with Crippen LogP contribution in [0.2, 0.25) is 5.02 Å². The monoisotopic (exact) mass is 289 g/mol. The molecule has 0 bridgehead atoms. The fourth-order valence-corrected chi connectivity index (χ4v) is 2.34. The number of halogens is 2. The van der Waals surface area contributed by atoms with Crippen LogP contribution in [0.15, 0.2) is 18.2 Å². The van der Waals surface area contributed by atoms with Crippen molar-refractivity contribution >= 4 is 23.4 Å². The standard InChI is InChI=1S/C14H21ClFNS/c1-18-9-5-3-2-4-8-17-11-12-6-7-13(15)14(16)10-12/h6-7,10,17H,2-5,8-9,11H2,1H3. The topological polar surface area (TPSA) is 12.0 Å². The molecule has 0 saturated heterocycles. The second kappa shape index (κ2) is 9.65. The Labute approximate surface area is 118 Å². The largest absolute Gasteiger partial charge is 0.313 e. The minimum Gasteiger partial charge on any atom is -0.313 e. The normalized spacial score (nSPS) is 10.8. The Morgan fingerprint density at radius 2 is 2.00 bits per heavy atom. The van der Waals surface area contributed by atoms with E-state index in [0.29, 0.717) is 6.54 Å². The molecule has 0 aromatic heterocycles. The molecular weight excluding hydrogens is 269 g/mol. The summed E-state index contributed by atoms with van der Waals surface area (Å²) in [6.07, 6.45) is 7.21. The maximum absolute atomic E-state index is 13.2.